The van der Waals surface area contributed by atoms with E-state index in [1.807, 2.05) is 0 Å². The lowest BCUT2D eigenvalue weighted by Gasteiger charge is -2.57. The van der Waals surface area contributed by atoms with Gasteiger partial charge < -0.3 is 0 Å². The highest BCUT2D eigenvalue weighted by Gasteiger charge is 2.76. The highest BCUT2D eigenvalue weighted by molar-refractivity contribution is 7.50. The Kier molecular flexibility index (Phi) is 3.11. The topological polar surface area (TPSA) is 48.0 Å². The number of phosphoric acid groups is 1. The molecule has 0 aromatic heterocycles. The minimum absolute atomic E-state index is 0.100. The zero-order chi connectivity index (χ0) is 15.5. The first-order chi connectivity index (χ1) is 11.2. The standard InChI is InChI=1S/C17H22NO4P/c19-23-20-15-10-7-13-18(17(15,21-23)22-23)16(11-5-2-6-12-16)14-8-3-1-4-9-14/h1,3-4,8-9,15H,2,5-7,10-13H2. The van der Waals surface area contributed by atoms with Crippen molar-refractivity contribution >= 4 is 7.82 Å². The van der Waals surface area contributed by atoms with E-state index in [0.29, 0.717) is 0 Å². The van der Waals surface area contributed by atoms with Crippen LogP contribution >= 0.6 is 7.82 Å². The lowest BCUT2D eigenvalue weighted by molar-refractivity contribution is -0.321. The minimum Gasteiger partial charge on any atom is -0.276 e. The Hall–Kier alpha value is -0.710. The molecule has 124 valence electrons. The second-order valence-electron chi connectivity index (χ2n) is 7.11. The number of hydrogen-bond donors (Lipinski definition) is 0. The normalized spacial score (nSPS) is 42.0. The van der Waals surface area contributed by atoms with Gasteiger partial charge in [-0.2, -0.15) is 0 Å². The number of piperidine rings is 1. The molecule has 6 rings (SSSR count). The second-order valence-corrected chi connectivity index (χ2v) is 8.58. The summed E-state index contributed by atoms with van der Waals surface area (Å²) in [5.41, 5.74) is 1.22. The number of rotatable bonds is 2. The molecule has 1 spiro atoms. The molecule has 4 saturated heterocycles. The third kappa shape index (κ3) is 1.92. The largest absolute Gasteiger partial charge is 0.482 e. The van der Waals surface area contributed by atoms with Gasteiger partial charge in [-0.15, -0.1) is 0 Å². The lowest BCUT2D eigenvalue weighted by Crippen LogP contribution is -2.68. The van der Waals surface area contributed by atoms with Gasteiger partial charge in [-0.05, 0) is 31.2 Å². The number of nitrogens with zero attached hydrogens (tertiary/aromatic N) is 1. The summed E-state index contributed by atoms with van der Waals surface area (Å²) < 4.78 is 29.4. The molecule has 2 bridgehead atoms. The van der Waals surface area contributed by atoms with Crippen LogP contribution in [0.4, 0.5) is 0 Å². The molecule has 1 unspecified atom stereocenters. The van der Waals surface area contributed by atoms with Crippen LogP contribution < -0.4 is 0 Å². The van der Waals surface area contributed by atoms with E-state index in [0.717, 1.165) is 32.2 Å². The van der Waals surface area contributed by atoms with E-state index in [-0.39, 0.29) is 11.6 Å². The van der Waals surface area contributed by atoms with Crippen molar-refractivity contribution in [3.8, 4) is 0 Å². The third-order valence-corrected chi connectivity index (χ3v) is 7.36. The van der Waals surface area contributed by atoms with Gasteiger partial charge in [-0.25, -0.2) is 18.5 Å². The van der Waals surface area contributed by atoms with Gasteiger partial charge in [0.15, 0.2) is 0 Å². The number of hydrogen-bond acceptors (Lipinski definition) is 5. The molecular weight excluding hydrogens is 313 g/mol. The van der Waals surface area contributed by atoms with Crippen molar-refractivity contribution in [3.63, 3.8) is 0 Å². The van der Waals surface area contributed by atoms with Crippen molar-refractivity contribution in [1.82, 2.24) is 4.90 Å². The quantitative estimate of drug-likeness (QED) is 0.760. The maximum Gasteiger partial charge on any atom is 0.482 e. The van der Waals surface area contributed by atoms with Crippen molar-refractivity contribution in [1.29, 1.82) is 0 Å². The first-order valence-corrected chi connectivity index (χ1v) is 10.2. The molecule has 4 aliphatic heterocycles. The smallest absolute Gasteiger partial charge is 0.276 e. The molecule has 1 aromatic rings. The maximum absolute atomic E-state index is 12.2. The van der Waals surface area contributed by atoms with Crippen LogP contribution in [0.3, 0.4) is 0 Å². The monoisotopic (exact) mass is 335 g/mol. The summed E-state index contributed by atoms with van der Waals surface area (Å²) in [7, 11) is -3.27. The van der Waals surface area contributed by atoms with Gasteiger partial charge in [-0.3, -0.25) is 4.52 Å². The Balaban J connectivity index is 1.60. The van der Waals surface area contributed by atoms with Gasteiger partial charge >= 0.3 is 7.82 Å². The molecule has 0 amide bonds. The van der Waals surface area contributed by atoms with Gasteiger partial charge in [0, 0.05) is 6.54 Å². The zero-order valence-electron chi connectivity index (χ0n) is 13.1. The maximum atomic E-state index is 12.2. The number of likely N-dealkylation sites (tertiary alicyclic amines) is 1. The molecule has 6 heteroatoms. The fourth-order valence-corrected chi connectivity index (χ4v) is 6.64. The molecule has 5 aliphatic rings. The summed E-state index contributed by atoms with van der Waals surface area (Å²) in [4.78, 5) is 2.34. The van der Waals surface area contributed by atoms with Crippen molar-refractivity contribution in [3.05, 3.63) is 35.9 Å². The summed E-state index contributed by atoms with van der Waals surface area (Å²) in [6, 6.07) is 10.7. The van der Waals surface area contributed by atoms with Crippen molar-refractivity contribution < 1.29 is 18.1 Å². The van der Waals surface area contributed by atoms with Crippen LogP contribution in [0.25, 0.3) is 0 Å². The van der Waals surface area contributed by atoms with Gasteiger partial charge in [-0.1, -0.05) is 49.6 Å². The van der Waals surface area contributed by atoms with E-state index in [1.165, 1.54) is 24.8 Å². The van der Waals surface area contributed by atoms with E-state index < -0.39 is 13.7 Å². The van der Waals surface area contributed by atoms with Gasteiger partial charge in [0.2, 0.25) is 0 Å². The van der Waals surface area contributed by atoms with Crippen LogP contribution in [0.2, 0.25) is 0 Å². The molecule has 1 aliphatic carbocycles. The predicted octanol–water partition coefficient (Wildman–Crippen LogP) is 4.15. The van der Waals surface area contributed by atoms with Crippen LogP contribution in [0, 0.1) is 0 Å². The predicted molar refractivity (Wildman–Crippen MR) is 84.5 cm³/mol. The summed E-state index contributed by atoms with van der Waals surface area (Å²) in [5.74, 6) is -0.916. The van der Waals surface area contributed by atoms with Crippen LogP contribution in [-0.4, -0.2) is 23.5 Å². The summed E-state index contributed by atoms with van der Waals surface area (Å²) in [6.07, 6.45) is 7.50. The van der Waals surface area contributed by atoms with Gasteiger partial charge in [0.25, 0.3) is 5.91 Å². The third-order valence-electron chi connectivity index (χ3n) is 5.88. The SMILES string of the molecule is O=P12OC3CCCN(C4(c5ccccc5)CCCCC4)C3(O1)O2. The highest BCUT2D eigenvalue weighted by atomic mass is 31.2. The Morgan fingerprint density at radius 1 is 1.04 bits per heavy atom. The molecule has 5 fully saturated rings. The second kappa shape index (κ2) is 4.90. The first kappa shape index (κ1) is 14.6. The van der Waals surface area contributed by atoms with Gasteiger partial charge in [0.05, 0.1) is 5.54 Å². The molecule has 1 saturated carbocycles. The Morgan fingerprint density at radius 2 is 1.78 bits per heavy atom. The van der Waals surface area contributed by atoms with E-state index in [9.17, 15) is 4.57 Å². The molecular formula is C17H22NO4P. The van der Waals surface area contributed by atoms with Crippen molar-refractivity contribution in [2.24, 2.45) is 0 Å². The van der Waals surface area contributed by atoms with E-state index >= 15 is 0 Å². The van der Waals surface area contributed by atoms with Crippen molar-refractivity contribution in [2.45, 2.75) is 62.5 Å². The molecule has 4 heterocycles. The first-order valence-electron chi connectivity index (χ1n) is 8.70. The van der Waals surface area contributed by atoms with Crippen LogP contribution in [0.1, 0.15) is 50.5 Å². The van der Waals surface area contributed by atoms with E-state index in [2.05, 4.69) is 35.2 Å². The molecule has 0 N–H and O–H groups in total. The number of phosphoric ester groups is 1. The lowest BCUT2D eigenvalue weighted by atomic mass is 9.74. The zero-order valence-corrected chi connectivity index (χ0v) is 14.0. The fraction of sp³-hybridized carbons (Fsp3) is 0.647. The molecule has 1 atom stereocenters. The molecule has 0 radical (unpaired) electrons. The molecule has 23 heavy (non-hydrogen) atoms. The summed E-state index contributed by atoms with van der Waals surface area (Å²) in [5, 5.41) is 0. The van der Waals surface area contributed by atoms with Gasteiger partial charge in [0.1, 0.15) is 6.10 Å². The van der Waals surface area contributed by atoms with Crippen LogP contribution in [0.5, 0.6) is 0 Å². The molecule has 5 nitrogen and oxygen atoms in total. The Labute approximate surface area is 136 Å². The molecule has 1 aromatic carbocycles. The van der Waals surface area contributed by atoms with Crippen LogP contribution in [-0.2, 0) is 23.7 Å². The van der Waals surface area contributed by atoms with Crippen LogP contribution in [0.15, 0.2) is 30.3 Å². The van der Waals surface area contributed by atoms with E-state index in [4.69, 9.17) is 13.6 Å². The average Bonchev–Trinajstić information content (AvgIpc) is 3.03. The minimum atomic E-state index is -3.27. The Bertz CT molecular complexity index is 648. The number of benzene rings is 1. The Morgan fingerprint density at radius 3 is 2.52 bits per heavy atom. The summed E-state index contributed by atoms with van der Waals surface area (Å²) >= 11 is 0. The van der Waals surface area contributed by atoms with Crippen molar-refractivity contribution in [2.75, 3.05) is 6.54 Å². The fourth-order valence-electron chi connectivity index (χ4n) is 4.92. The summed E-state index contributed by atoms with van der Waals surface area (Å²) in [6.45, 7) is 0.898. The highest BCUT2D eigenvalue weighted by Crippen LogP contribution is 2.77. The van der Waals surface area contributed by atoms with E-state index in [1.54, 1.807) is 0 Å². The average molecular weight is 335 g/mol.